The van der Waals surface area contributed by atoms with Gasteiger partial charge in [0.05, 0.1) is 11.5 Å². The molecule has 0 aromatic heterocycles. The molecule has 1 aromatic carbocycles. The standard InChI is InChI=1S/C13H14ClNO2/c14-11-1-3-12(4-2-11)17-10-13(9-15)5-7-16-8-6-13/h1-4H,5-8,10H2. The van der Waals surface area contributed by atoms with Gasteiger partial charge >= 0.3 is 0 Å². The molecule has 0 saturated carbocycles. The van der Waals surface area contributed by atoms with Crippen LogP contribution in [0.2, 0.25) is 5.02 Å². The SMILES string of the molecule is N#CC1(COc2ccc(Cl)cc2)CCOCC1. The monoisotopic (exact) mass is 251 g/mol. The van der Waals surface area contributed by atoms with Crippen molar-refractivity contribution in [3.63, 3.8) is 0 Å². The van der Waals surface area contributed by atoms with Crippen molar-refractivity contribution in [2.75, 3.05) is 19.8 Å². The van der Waals surface area contributed by atoms with Crippen LogP contribution in [-0.2, 0) is 4.74 Å². The average Bonchev–Trinajstić information content (AvgIpc) is 2.39. The first kappa shape index (κ1) is 12.2. The van der Waals surface area contributed by atoms with Gasteiger partial charge in [0, 0.05) is 18.2 Å². The Kier molecular flexibility index (Phi) is 3.88. The van der Waals surface area contributed by atoms with E-state index in [0.29, 0.717) is 24.8 Å². The number of halogens is 1. The quantitative estimate of drug-likeness (QED) is 0.829. The van der Waals surface area contributed by atoms with Crippen molar-refractivity contribution >= 4 is 11.6 Å². The molecule has 1 fully saturated rings. The number of nitrogens with zero attached hydrogens (tertiary/aromatic N) is 1. The number of rotatable bonds is 3. The van der Waals surface area contributed by atoms with Crippen LogP contribution < -0.4 is 4.74 Å². The van der Waals surface area contributed by atoms with Gasteiger partial charge in [0.25, 0.3) is 0 Å². The van der Waals surface area contributed by atoms with Crippen LogP contribution in [-0.4, -0.2) is 19.8 Å². The zero-order valence-electron chi connectivity index (χ0n) is 9.49. The number of benzene rings is 1. The molecule has 0 amide bonds. The van der Waals surface area contributed by atoms with E-state index in [2.05, 4.69) is 6.07 Å². The van der Waals surface area contributed by atoms with Gasteiger partial charge in [0.2, 0.25) is 0 Å². The van der Waals surface area contributed by atoms with Crippen LogP contribution in [0.5, 0.6) is 5.75 Å². The van der Waals surface area contributed by atoms with Crippen molar-refractivity contribution in [1.29, 1.82) is 5.26 Å². The number of ether oxygens (including phenoxy) is 2. The maximum absolute atomic E-state index is 9.26. The molecule has 3 nitrogen and oxygen atoms in total. The molecule has 0 radical (unpaired) electrons. The number of hydrogen-bond donors (Lipinski definition) is 0. The van der Waals surface area contributed by atoms with Crippen LogP contribution >= 0.6 is 11.6 Å². The van der Waals surface area contributed by atoms with Gasteiger partial charge in [-0.25, -0.2) is 0 Å². The fourth-order valence-electron chi connectivity index (χ4n) is 1.80. The first-order valence-electron chi connectivity index (χ1n) is 5.61. The Balaban J connectivity index is 1.96. The van der Waals surface area contributed by atoms with Crippen molar-refractivity contribution < 1.29 is 9.47 Å². The summed E-state index contributed by atoms with van der Waals surface area (Å²) in [6.07, 6.45) is 1.47. The second-order valence-corrected chi connectivity index (χ2v) is 4.68. The fourth-order valence-corrected chi connectivity index (χ4v) is 1.93. The summed E-state index contributed by atoms with van der Waals surface area (Å²) in [5.74, 6) is 0.746. The summed E-state index contributed by atoms with van der Waals surface area (Å²) in [6.45, 7) is 1.68. The molecule has 0 bridgehead atoms. The Morgan fingerprint density at radius 3 is 2.53 bits per heavy atom. The van der Waals surface area contributed by atoms with Gasteiger partial charge in [0.1, 0.15) is 12.4 Å². The van der Waals surface area contributed by atoms with E-state index in [9.17, 15) is 5.26 Å². The molecule has 17 heavy (non-hydrogen) atoms. The highest BCUT2D eigenvalue weighted by Gasteiger charge is 2.33. The van der Waals surface area contributed by atoms with E-state index >= 15 is 0 Å². The van der Waals surface area contributed by atoms with E-state index in [4.69, 9.17) is 21.1 Å². The topological polar surface area (TPSA) is 42.2 Å². The van der Waals surface area contributed by atoms with Crippen molar-refractivity contribution in [2.24, 2.45) is 5.41 Å². The molecule has 0 unspecified atom stereocenters. The van der Waals surface area contributed by atoms with Crippen molar-refractivity contribution in [2.45, 2.75) is 12.8 Å². The Morgan fingerprint density at radius 1 is 1.29 bits per heavy atom. The maximum Gasteiger partial charge on any atom is 0.119 e. The summed E-state index contributed by atoms with van der Waals surface area (Å²) in [5, 5.41) is 9.94. The van der Waals surface area contributed by atoms with Gasteiger partial charge in [-0.3, -0.25) is 0 Å². The zero-order valence-corrected chi connectivity index (χ0v) is 10.2. The Hall–Kier alpha value is -1.24. The molecule has 0 N–H and O–H groups in total. The molecular weight excluding hydrogens is 238 g/mol. The van der Waals surface area contributed by atoms with E-state index in [1.807, 2.05) is 12.1 Å². The number of nitriles is 1. The molecule has 1 aromatic rings. The van der Waals surface area contributed by atoms with Crippen LogP contribution in [0.3, 0.4) is 0 Å². The summed E-state index contributed by atoms with van der Waals surface area (Å²) in [5.41, 5.74) is -0.405. The summed E-state index contributed by atoms with van der Waals surface area (Å²) in [4.78, 5) is 0. The van der Waals surface area contributed by atoms with Crippen molar-refractivity contribution in [3.05, 3.63) is 29.3 Å². The molecule has 0 aliphatic carbocycles. The highest BCUT2D eigenvalue weighted by molar-refractivity contribution is 6.30. The largest absolute Gasteiger partial charge is 0.492 e. The van der Waals surface area contributed by atoms with Gasteiger partial charge in [-0.2, -0.15) is 5.26 Å². The third-order valence-corrected chi connectivity index (χ3v) is 3.27. The summed E-state index contributed by atoms with van der Waals surface area (Å²) < 4.78 is 10.9. The van der Waals surface area contributed by atoms with Gasteiger partial charge < -0.3 is 9.47 Å². The highest BCUT2D eigenvalue weighted by Crippen LogP contribution is 2.30. The molecule has 4 heteroatoms. The molecule has 2 rings (SSSR count). The predicted molar refractivity (Wildman–Crippen MR) is 65.0 cm³/mol. The summed E-state index contributed by atoms with van der Waals surface area (Å²) in [6, 6.07) is 9.55. The molecule has 1 saturated heterocycles. The second-order valence-electron chi connectivity index (χ2n) is 4.25. The third kappa shape index (κ3) is 3.12. The summed E-state index contributed by atoms with van der Waals surface area (Å²) in [7, 11) is 0. The minimum Gasteiger partial charge on any atom is -0.492 e. The normalized spacial score (nSPS) is 18.4. The van der Waals surface area contributed by atoms with Crippen molar-refractivity contribution in [1.82, 2.24) is 0 Å². The molecule has 1 aliphatic heterocycles. The van der Waals surface area contributed by atoms with Crippen LogP contribution in [0.4, 0.5) is 0 Å². The van der Waals surface area contributed by atoms with Crippen LogP contribution in [0, 0.1) is 16.7 Å². The lowest BCUT2D eigenvalue weighted by Crippen LogP contribution is -2.33. The molecule has 90 valence electrons. The van der Waals surface area contributed by atoms with Crippen molar-refractivity contribution in [3.8, 4) is 11.8 Å². The lowest BCUT2D eigenvalue weighted by atomic mass is 9.83. The molecular formula is C13H14ClNO2. The van der Waals surface area contributed by atoms with Gasteiger partial charge in [0.15, 0.2) is 0 Å². The lowest BCUT2D eigenvalue weighted by molar-refractivity contribution is 0.0191. The van der Waals surface area contributed by atoms with E-state index < -0.39 is 5.41 Å². The fraction of sp³-hybridized carbons (Fsp3) is 0.462. The Morgan fingerprint density at radius 2 is 1.94 bits per heavy atom. The Bertz CT molecular complexity index is 404. The first-order valence-corrected chi connectivity index (χ1v) is 5.99. The second kappa shape index (κ2) is 5.39. The minimum atomic E-state index is -0.405. The predicted octanol–water partition coefficient (Wildman–Crippen LogP) is 3.04. The first-order chi connectivity index (χ1) is 8.24. The minimum absolute atomic E-state index is 0.405. The average molecular weight is 252 g/mol. The van der Waals surface area contributed by atoms with E-state index in [-0.39, 0.29) is 0 Å². The van der Waals surface area contributed by atoms with Gasteiger partial charge in [-0.15, -0.1) is 0 Å². The van der Waals surface area contributed by atoms with E-state index in [1.165, 1.54) is 0 Å². The van der Waals surface area contributed by atoms with E-state index in [1.54, 1.807) is 12.1 Å². The van der Waals surface area contributed by atoms with Gasteiger partial charge in [-0.05, 0) is 37.1 Å². The lowest BCUT2D eigenvalue weighted by Gasteiger charge is -2.30. The third-order valence-electron chi connectivity index (χ3n) is 3.02. The molecule has 0 spiro atoms. The van der Waals surface area contributed by atoms with Crippen LogP contribution in [0.15, 0.2) is 24.3 Å². The molecule has 1 aliphatic rings. The number of hydrogen-bond acceptors (Lipinski definition) is 3. The molecule has 1 heterocycles. The smallest absolute Gasteiger partial charge is 0.119 e. The molecule has 0 atom stereocenters. The Labute approximate surface area is 106 Å². The van der Waals surface area contributed by atoms with Crippen LogP contribution in [0.1, 0.15) is 12.8 Å². The maximum atomic E-state index is 9.26. The highest BCUT2D eigenvalue weighted by atomic mass is 35.5. The summed E-state index contributed by atoms with van der Waals surface area (Å²) >= 11 is 5.79. The zero-order chi connectivity index (χ0) is 12.1. The van der Waals surface area contributed by atoms with E-state index in [0.717, 1.165) is 18.6 Å². The van der Waals surface area contributed by atoms with Gasteiger partial charge in [-0.1, -0.05) is 11.6 Å². The van der Waals surface area contributed by atoms with Crippen LogP contribution in [0.25, 0.3) is 0 Å².